The van der Waals surface area contributed by atoms with Crippen molar-refractivity contribution in [3.63, 3.8) is 0 Å². The van der Waals surface area contributed by atoms with Gasteiger partial charge in [0.05, 0.1) is 11.4 Å². The molecule has 1 heterocycles. The number of carbonyl (C=O) groups is 1. The van der Waals surface area contributed by atoms with Crippen molar-refractivity contribution in [2.45, 2.75) is 25.7 Å². The fraction of sp³-hybridized carbons (Fsp3) is 0.286. The lowest BCUT2D eigenvalue weighted by molar-refractivity contribution is -0.139. The molecule has 2 aromatic rings. The van der Waals surface area contributed by atoms with Gasteiger partial charge in [0.25, 0.3) is 0 Å². The minimum absolute atomic E-state index is 0.412. The van der Waals surface area contributed by atoms with Crippen molar-refractivity contribution in [3.05, 3.63) is 42.1 Å². The first-order valence-electron chi connectivity index (χ1n) is 5.80. The van der Waals surface area contributed by atoms with Crippen molar-refractivity contribution in [1.82, 2.24) is 4.98 Å². The molecular weight excluding hydrogens is 214 g/mol. The zero-order valence-electron chi connectivity index (χ0n) is 9.76. The number of rotatable bonds is 4. The minimum atomic E-state index is -0.755. The van der Waals surface area contributed by atoms with Crippen LogP contribution in [0.15, 0.2) is 36.5 Å². The van der Waals surface area contributed by atoms with E-state index in [1.54, 1.807) is 6.20 Å². The summed E-state index contributed by atoms with van der Waals surface area (Å²) in [7, 11) is 0. The third-order valence-electron chi connectivity index (χ3n) is 2.90. The van der Waals surface area contributed by atoms with E-state index in [2.05, 4.69) is 4.98 Å². The van der Waals surface area contributed by atoms with Crippen LogP contribution in [0.5, 0.6) is 0 Å². The van der Waals surface area contributed by atoms with Crippen molar-refractivity contribution in [2.24, 2.45) is 0 Å². The second-order valence-electron chi connectivity index (χ2n) is 4.14. The second-order valence-corrected chi connectivity index (χ2v) is 4.14. The van der Waals surface area contributed by atoms with E-state index in [1.165, 1.54) is 0 Å². The monoisotopic (exact) mass is 229 g/mol. The number of aliphatic carboxylic acids is 1. The first-order valence-corrected chi connectivity index (χ1v) is 5.80. The van der Waals surface area contributed by atoms with Crippen LogP contribution >= 0.6 is 0 Å². The Balaban J connectivity index is 2.43. The predicted molar refractivity (Wildman–Crippen MR) is 67.0 cm³/mol. The SMILES string of the molecule is CCCC(C(=O)O)c1ccc2ncccc2c1. The summed E-state index contributed by atoms with van der Waals surface area (Å²) in [5, 5.41) is 10.2. The summed E-state index contributed by atoms with van der Waals surface area (Å²) in [5.74, 6) is -1.17. The Hall–Kier alpha value is -1.90. The molecule has 0 fully saturated rings. The van der Waals surface area contributed by atoms with E-state index in [0.29, 0.717) is 6.42 Å². The molecule has 1 atom stereocenters. The van der Waals surface area contributed by atoms with Crippen LogP contribution in [0.2, 0.25) is 0 Å². The number of pyridine rings is 1. The highest BCUT2D eigenvalue weighted by Gasteiger charge is 2.18. The summed E-state index contributed by atoms with van der Waals surface area (Å²) in [6, 6.07) is 9.50. The van der Waals surface area contributed by atoms with Gasteiger partial charge < -0.3 is 5.11 Å². The molecule has 3 nitrogen and oxygen atoms in total. The summed E-state index contributed by atoms with van der Waals surface area (Å²) in [4.78, 5) is 15.4. The van der Waals surface area contributed by atoms with Crippen LogP contribution < -0.4 is 0 Å². The number of benzene rings is 1. The van der Waals surface area contributed by atoms with Gasteiger partial charge >= 0.3 is 5.97 Å². The van der Waals surface area contributed by atoms with Gasteiger partial charge in [0, 0.05) is 11.6 Å². The third-order valence-corrected chi connectivity index (χ3v) is 2.90. The maximum atomic E-state index is 11.2. The van der Waals surface area contributed by atoms with E-state index in [-0.39, 0.29) is 0 Å². The van der Waals surface area contributed by atoms with E-state index < -0.39 is 11.9 Å². The highest BCUT2D eigenvalue weighted by atomic mass is 16.4. The Bertz CT molecular complexity index is 536. The largest absolute Gasteiger partial charge is 0.481 e. The van der Waals surface area contributed by atoms with Gasteiger partial charge in [-0.15, -0.1) is 0 Å². The average molecular weight is 229 g/mol. The van der Waals surface area contributed by atoms with Gasteiger partial charge in [0.1, 0.15) is 0 Å². The minimum Gasteiger partial charge on any atom is -0.481 e. The van der Waals surface area contributed by atoms with Crippen LogP contribution in [0.4, 0.5) is 0 Å². The van der Waals surface area contributed by atoms with Gasteiger partial charge in [-0.25, -0.2) is 0 Å². The molecule has 1 N–H and O–H groups in total. The average Bonchev–Trinajstić information content (AvgIpc) is 2.35. The fourth-order valence-electron chi connectivity index (χ4n) is 2.03. The first-order chi connectivity index (χ1) is 8.22. The lowest BCUT2D eigenvalue weighted by atomic mass is 9.93. The van der Waals surface area contributed by atoms with Crippen LogP contribution in [-0.4, -0.2) is 16.1 Å². The number of hydrogen-bond donors (Lipinski definition) is 1. The summed E-state index contributed by atoms with van der Waals surface area (Å²) >= 11 is 0. The molecule has 0 aliphatic heterocycles. The molecule has 2 rings (SSSR count). The molecule has 0 bridgehead atoms. The molecule has 0 aliphatic carbocycles. The lowest BCUT2D eigenvalue weighted by Gasteiger charge is -2.12. The highest BCUT2D eigenvalue weighted by molar-refractivity contribution is 5.82. The van der Waals surface area contributed by atoms with Gasteiger partial charge in [-0.05, 0) is 30.2 Å². The van der Waals surface area contributed by atoms with Crippen LogP contribution in [-0.2, 0) is 4.79 Å². The number of nitrogens with zero attached hydrogens (tertiary/aromatic N) is 1. The zero-order valence-corrected chi connectivity index (χ0v) is 9.76. The molecule has 3 heteroatoms. The van der Waals surface area contributed by atoms with Crippen LogP contribution in [0.25, 0.3) is 10.9 Å². The molecule has 1 aromatic heterocycles. The van der Waals surface area contributed by atoms with Gasteiger partial charge in [-0.3, -0.25) is 9.78 Å². The van der Waals surface area contributed by atoms with Gasteiger partial charge in [-0.1, -0.05) is 25.5 Å². The van der Waals surface area contributed by atoms with E-state index in [4.69, 9.17) is 0 Å². The van der Waals surface area contributed by atoms with Crippen LogP contribution in [0, 0.1) is 0 Å². The van der Waals surface area contributed by atoms with Crippen LogP contribution in [0.3, 0.4) is 0 Å². The van der Waals surface area contributed by atoms with Crippen molar-refractivity contribution < 1.29 is 9.90 Å². The maximum Gasteiger partial charge on any atom is 0.310 e. The number of aromatic nitrogens is 1. The molecule has 0 spiro atoms. The van der Waals surface area contributed by atoms with Crippen molar-refractivity contribution in [3.8, 4) is 0 Å². The molecule has 88 valence electrons. The lowest BCUT2D eigenvalue weighted by Crippen LogP contribution is -2.11. The van der Waals surface area contributed by atoms with Crippen molar-refractivity contribution >= 4 is 16.9 Å². The molecule has 17 heavy (non-hydrogen) atoms. The smallest absolute Gasteiger partial charge is 0.310 e. The predicted octanol–water partition coefficient (Wildman–Crippen LogP) is 3.20. The van der Waals surface area contributed by atoms with Crippen molar-refractivity contribution in [1.29, 1.82) is 0 Å². The van der Waals surface area contributed by atoms with Gasteiger partial charge in [-0.2, -0.15) is 0 Å². The Labute approximate surface area is 100 Å². The van der Waals surface area contributed by atoms with Gasteiger partial charge in [0.15, 0.2) is 0 Å². The van der Waals surface area contributed by atoms with E-state index in [9.17, 15) is 9.90 Å². The fourth-order valence-corrected chi connectivity index (χ4v) is 2.03. The van der Waals surface area contributed by atoms with Crippen molar-refractivity contribution in [2.75, 3.05) is 0 Å². The zero-order chi connectivity index (χ0) is 12.3. The summed E-state index contributed by atoms with van der Waals surface area (Å²) in [6.07, 6.45) is 3.27. The Kier molecular flexibility index (Phi) is 3.38. The molecule has 0 radical (unpaired) electrons. The standard InChI is InChI=1S/C14H15NO2/c1-2-4-12(14(16)17)10-6-7-13-11(9-10)5-3-8-15-13/h3,5-9,12H,2,4H2,1H3,(H,16,17). The number of carboxylic acids is 1. The second kappa shape index (κ2) is 4.95. The Morgan fingerprint density at radius 3 is 2.94 bits per heavy atom. The van der Waals surface area contributed by atoms with Gasteiger partial charge in [0.2, 0.25) is 0 Å². The first kappa shape index (κ1) is 11.6. The maximum absolute atomic E-state index is 11.2. The topological polar surface area (TPSA) is 50.2 Å². The molecule has 0 saturated carbocycles. The third kappa shape index (κ3) is 2.44. The Morgan fingerprint density at radius 2 is 2.24 bits per heavy atom. The van der Waals surface area contributed by atoms with E-state index in [1.807, 2.05) is 37.3 Å². The number of fused-ring (bicyclic) bond motifs is 1. The summed E-state index contributed by atoms with van der Waals surface area (Å²) in [5.41, 5.74) is 1.76. The summed E-state index contributed by atoms with van der Waals surface area (Å²) in [6.45, 7) is 2.00. The summed E-state index contributed by atoms with van der Waals surface area (Å²) < 4.78 is 0. The molecule has 1 unspecified atom stereocenters. The highest BCUT2D eigenvalue weighted by Crippen LogP contribution is 2.24. The van der Waals surface area contributed by atoms with E-state index >= 15 is 0 Å². The number of hydrogen-bond acceptors (Lipinski definition) is 2. The molecular formula is C14H15NO2. The number of carboxylic acid groups (broad SMARTS) is 1. The van der Waals surface area contributed by atoms with Crippen LogP contribution in [0.1, 0.15) is 31.2 Å². The quantitative estimate of drug-likeness (QED) is 0.875. The molecule has 1 aromatic carbocycles. The normalized spacial score (nSPS) is 12.5. The Morgan fingerprint density at radius 1 is 1.41 bits per heavy atom. The molecule has 0 amide bonds. The molecule has 0 saturated heterocycles. The van der Waals surface area contributed by atoms with E-state index in [0.717, 1.165) is 22.9 Å². The molecule has 0 aliphatic rings.